The molecule has 1 heterocycles. The van der Waals surface area contributed by atoms with E-state index in [1.807, 2.05) is 16.9 Å². The van der Waals surface area contributed by atoms with Gasteiger partial charge in [-0.25, -0.2) is 0 Å². The second-order valence-corrected chi connectivity index (χ2v) is 2.28. The van der Waals surface area contributed by atoms with Crippen molar-refractivity contribution in [3.05, 3.63) is 11.2 Å². The van der Waals surface area contributed by atoms with E-state index in [1.165, 1.54) is 0 Å². The molecule has 0 radical (unpaired) electrons. The molecule has 0 atom stereocenters. The highest BCUT2D eigenvalue weighted by molar-refractivity contribution is 8.00. The van der Waals surface area contributed by atoms with Crippen LogP contribution in [-0.4, -0.2) is 11.5 Å². The van der Waals surface area contributed by atoms with Gasteiger partial charge in [0.25, 0.3) is 0 Å². The molecule has 0 fully saturated rings. The molecule has 0 saturated heterocycles. The molecule has 0 saturated carbocycles. The van der Waals surface area contributed by atoms with Gasteiger partial charge < -0.3 is 5.73 Å². The molecule has 0 aliphatic carbocycles. The Morgan fingerprint density at radius 3 is 2.86 bits per heavy atom. The first kappa shape index (κ1) is 4.80. The van der Waals surface area contributed by atoms with Crippen LogP contribution in [0, 0.1) is 0 Å². The predicted octanol–water partition coefficient (Wildman–Crippen LogP) is -0.158. The molecular weight excluding hydrogens is 110 g/mol. The molecule has 40 valence electrons. The topological polar surface area (TPSA) is 41.3 Å². The van der Waals surface area contributed by atoms with Crippen molar-refractivity contribution in [2.24, 2.45) is 5.73 Å². The third-order valence-corrected chi connectivity index (χ3v) is 1.39. The van der Waals surface area contributed by atoms with Crippen molar-refractivity contribution in [2.75, 3.05) is 7.05 Å². The highest BCUT2D eigenvalue weighted by atomic mass is 32.2. The molecular formula is C3H7N3S. The van der Waals surface area contributed by atoms with Gasteiger partial charge in [0.15, 0.2) is 0 Å². The molecule has 3 nitrogen and oxygen atoms in total. The minimum Gasteiger partial charge on any atom is -0.384 e. The summed E-state index contributed by atoms with van der Waals surface area (Å²) in [5, 5.41) is 1.85. The number of hydrogen-bond acceptors (Lipinski definition) is 4. The van der Waals surface area contributed by atoms with E-state index < -0.39 is 0 Å². The summed E-state index contributed by atoms with van der Waals surface area (Å²) in [7, 11) is 1.90. The highest BCUT2D eigenvalue weighted by Gasteiger charge is 2.02. The summed E-state index contributed by atoms with van der Waals surface area (Å²) in [6.45, 7) is 0. The number of nitrogens with two attached hydrogens (primary N) is 1. The molecule has 0 bridgehead atoms. The summed E-state index contributed by atoms with van der Waals surface area (Å²) in [6.07, 6.45) is 0. The lowest BCUT2D eigenvalue weighted by molar-refractivity contribution is 0.481. The van der Waals surface area contributed by atoms with Gasteiger partial charge in [-0.2, -0.15) is 4.41 Å². The molecule has 0 spiro atoms. The van der Waals surface area contributed by atoms with Crippen LogP contribution in [-0.2, 0) is 0 Å². The molecule has 1 aliphatic rings. The van der Waals surface area contributed by atoms with E-state index in [4.69, 9.17) is 5.73 Å². The zero-order chi connectivity index (χ0) is 5.28. The maximum absolute atomic E-state index is 5.31. The molecule has 0 aromatic heterocycles. The van der Waals surface area contributed by atoms with Gasteiger partial charge in [-0.3, -0.25) is 5.43 Å². The number of rotatable bonds is 0. The quantitative estimate of drug-likeness (QED) is 0.433. The maximum Gasteiger partial charge on any atom is 0.119 e. The summed E-state index contributed by atoms with van der Waals surface area (Å²) >= 11 is 1.54. The van der Waals surface area contributed by atoms with Crippen LogP contribution in [0.2, 0.25) is 0 Å². The first-order valence-corrected chi connectivity index (χ1v) is 2.75. The van der Waals surface area contributed by atoms with Crippen molar-refractivity contribution in [1.29, 1.82) is 0 Å². The third-order valence-electron chi connectivity index (χ3n) is 0.624. The van der Waals surface area contributed by atoms with Gasteiger partial charge in [0, 0.05) is 12.5 Å². The number of hydrogen-bond donors (Lipinski definition) is 2. The van der Waals surface area contributed by atoms with Crippen LogP contribution < -0.4 is 11.2 Å². The smallest absolute Gasteiger partial charge is 0.119 e. The zero-order valence-electron chi connectivity index (χ0n) is 4.01. The van der Waals surface area contributed by atoms with E-state index in [9.17, 15) is 0 Å². The zero-order valence-corrected chi connectivity index (χ0v) is 4.83. The highest BCUT2D eigenvalue weighted by Crippen LogP contribution is 2.12. The Balaban J connectivity index is 2.42. The van der Waals surface area contributed by atoms with Gasteiger partial charge in [-0.05, 0) is 11.9 Å². The Labute approximate surface area is 46.7 Å². The predicted molar refractivity (Wildman–Crippen MR) is 30.8 cm³/mol. The van der Waals surface area contributed by atoms with E-state index in [2.05, 4.69) is 5.43 Å². The lowest BCUT2D eigenvalue weighted by Crippen LogP contribution is -2.25. The maximum atomic E-state index is 5.31. The molecule has 0 unspecified atom stereocenters. The first-order chi connectivity index (χ1) is 3.29. The molecule has 3 N–H and O–H groups in total. The fraction of sp³-hybridized carbons (Fsp3) is 0.333. The SMILES string of the molecule is CN1NC(N)=CS1. The number of hydrazine groups is 1. The van der Waals surface area contributed by atoms with E-state index >= 15 is 0 Å². The van der Waals surface area contributed by atoms with Crippen LogP contribution in [0.15, 0.2) is 11.2 Å². The van der Waals surface area contributed by atoms with Crippen LogP contribution >= 0.6 is 11.9 Å². The van der Waals surface area contributed by atoms with Gasteiger partial charge in [-0.1, -0.05) is 0 Å². The molecule has 0 amide bonds. The van der Waals surface area contributed by atoms with Gasteiger partial charge in [0.2, 0.25) is 0 Å². The number of nitrogens with zero attached hydrogens (tertiary/aromatic N) is 1. The van der Waals surface area contributed by atoms with Gasteiger partial charge in [0.1, 0.15) is 5.82 Å². The van der Waals surface area contributed by atoms with E-state index in [-0.39, 0.29) is 0 Å². The molecule has 0 aromatic rings. The van der Waals surface area contributed by atoms with Crippen molar-refractivity contribution in [1.82, 2.24) is 9.84 Å². The monoisotopic (exact) mass is 117 g/mol. The van der Waals surface area contributed by atoms with Gasteiger partial charge in [0.05, 0.1) is 0 Å². The van der Waals surface area contributed by atoms with Gasteiger partial charge in [-0.15, -0.1) is 0 Å². The normalized spacial score (nSPS) is 21.6. The van der Waals surface area contributed by atoms with Crippen molar-refractivity contribution < 1.29 is 0 Å². The molecule has 1 aliphatic heterocycles. The summed E-state index contributed by atoms with van der Waals surface area (Å²) < 4.78 is 1.83. The minimum absolute atomic E-state index is 0.715. The lowest BCUT2D eigenvalue weighted by atomic mass is 10.9. The van der Waals surface area contributed by atoms with Crippen molar-refractivity contribution in [3.8, 4) is 0 Å². The average molecular weight is 117 g/mol. The fourth-order valence-electron chi connectivity index (χ4n) is 0.370. The van der Waals surface area contributed by atoms with E-state index in [1.54, 1.807) is 11.9 Å². The second kappa shape index (κ2) is 1.63. The van der Waals surface area contributed by atoms with Crippen LogP contribution in [0.1, 0.15) is 0 Å². The molecule has 0 aromatic carbocycles. The van der Waals surface area contributed by atoms with Crippen LogP contribution in [0.5, 0.6) is 0 Å². The number of nitrogens with one attached hydrogen (secondary N) is 1. The minimum atomic E-state index is 0.715. The average Bonchev–Trinajstić information content (AvgIpc) is 1.87. The van der Waals surface area contributed by atoms with E-state index in [0.717, 1.165) is 0 Å². The van der Waals surface area contributed by atoms with Crippen LogP contribution in [0.3, 0.4) is 0 Å². The molecule has 1 rings (SSSR count). The Bertz CT molecular complexity index is 100. The summed E-state index contributed by atoms with van der Waals surface area (Å²) in [6, 6.07) is 0. The summed E-state index contributed by atoms with van der Waals surface area (Å²) in [4.78, 5) is 0. The largest absolute Gasteiger partial charge is 0.384 e. The first-order valence-electron chi connectivity index (χ1n) is 1.92. The lowest BCUT2D eigenvalue weighted by Gasteiger charge is -2.05. The van der Waals surface area contributed by atoms with Crippen molar-refractivity contribution in [2.45, 2.75) is 0 Å². The van der Waals surface area contributed by atoms with E-state index in [0.29, 0.717) is 5.82 Å². The Hall–Kier alpha value is -0.350. The Morgan fingerprint density at radius 2 is 2.71 bits per heavy atom. The fourth-order valence-corrected chi connectivity index (χ4v) is 0.853. The third kappa shape index (κ3) is 1.01. The van der Waals surface area contributed by atoms with Crippen LogP contribution in [0.4, 0.5) is 0 Å². The van der Waals surface area contributed by atoms with Gasteiger partial charge >= 0.3 is 0 Å². The standard InChI is InChI=1S/C3H7N3S/c1-6-5-3(4)2-7-6/h2,5H,4H2,1H3. The Kier molecular flexibility index (Phi) is 1.12. The van der Waals surface area contributed by atoms with Crippen LogP contribution in [0.25, 0.3) is 0 Å². The van der Waals surface area contributed by atoms with Crippen molar-refractivity contribution in [3.63, 3.8) is 0 Å². The second-order valence-electron chi connectivity index (χ2n) is 1.29. The van der Waals surface area contributed by atoms with Crippen molar-refractivity contribution >= 4 is 11.9 Å². The molecule has 4 heteroatoms. The Morgan fingerprint density at radius 1 is 2.00 bits per heavy atom. The summed E-state index contributed by atoms with van der Waals surface area (Å²) in [5.41, 5.74) is 8.16. The molecule has 7 heavy (non-hydrogen) atoms. The summed E-state index contributed by atoms with van der Waals surface area (Å²) in [5.74, 6) is 0.715.